The average molecular weight is 405 g/mol. The molecule has 1 heterocycles. The number of nitrogens with one attached hydrogen (secondary N) is 2. The molecule has 3 aromatic rings. The number of hydrogen-bond acceptors (Lipinski definition) is 3. The molecular weight excluding hydrogens is 376 g/mol. The lowest BCUT2D eigenvalue weighted by Crippen LogP contribution is -2.38. The van der Waals surface area contributed by atoms with Crippen molar-refractivity contribution in [2.45, 2.75) is 39.0 Å². The van der Waals surface area contributed by atoms with Gasteiger partial charge in [-0.2, -0.15) is 0 Å². The quantitative estimate of drug-likeness (QED) is 0.614. The van der Waals surface area contributed by atoms with Crippen LogP contribution in [0.25, 0.3) is 16.7 Å². The third kappa shape index (κ3) is 4.37. The predicted molar refractivity (Wildman–Crippen MR) is 118 cm³/mol. The fourth-order valence-corrected chi connectivity index (χ4v) is 4.22. The number of carbonyl (C=O) groups excluding carboxylic acids is 2. The molecule has 1 saturated carbocycles. The molecule has 0 radical (unpaired) electrons. The molecule has 1 aromatic heterocycles. The molecule has 1 aliphatic rings. The summed E-state index contributed by atoms with van der Waals surface area (Å²) in [6.45, 7) is 2.82. The van der Waals surface area contributed by atoms with Crippen molar-refractivity contribution < 1.29 is 9.59 Å². The smallest absolute Gasteiger partial charge is 0.251 e. The second-order valence-corrected chi connectivity index (χ2v) is 7.92. The third-order valence-electron chi connectivity index (χ3n) is 5.78. The SMILES string of the molecule is Cc1nc2cc(C(=O)NCCNC(=O)C3CCCCC3)ccc2n1-c1ccccc1. The summed E-state index contributed by atoms with van der Waals surface area (Å²) in [4.78, 5) is 29.3. The fourth-order valence-electron chi connectivity index (χ4n) is 4.22. The van der Waals surface area contributed by atoms with Crippen molar-refractivity contribution in [3.05, 3.63) is 59.9 Å². The second-order valence-electron chi connectivity index (χ2n) is 7.92. The van der Waals surface area contributed by atoms with E-state index in [2.05, 4.69) is 20.2 Å². The lowest BCUT2D eigenvalue weighted by Gasteiger charge is -2.20. The first-order valence-electron chi connectivity index (χ1n) is 10.7. The molecule has 0 bridgehead atoms. The van der Waals surface area contributed by atoms with Gasteiger partial charge in [0.05, 0.1) is 11.0 Å². The van der Waals surface area contributed by atoms with Gasteiger partial charge in [0.25, 0.3) is 5.91 Å². The molecule has 6 nitrogen and oxygen atoms in total. The Hall–Kier alpha value is -3.15. The van der Waals surface area contributed by atoms with Gasteiger partial charge >= 0.3 is 0 Å². The van der Waals surface area contributed by atoms with Crippen molar-refractivity contribution in [3.63, 3.8) is 0 Å². The van der Waals surface area contributed by atoms with Crippen LogP contribution in [-0.2, 0) is 4.79 Å². The van der Waals surface area contributed by atoms with Gasteiger partial charge in [-0.1, -0.05) is 37.5 Å². The summed E-state index contributed by atoms with van der Waals surface area (Å²) >= 11 is 0. The van der Waals surface area contributed by atoms with Gasteiger partial charge in [0.1, 0.15) is 5.82 Å². The van der Waals surface area contributed by atoms with Crippen molar-refractivity contribution in [1.82, 2.24) is 20.2 Å². The Morgan fingerprint density at radius 3 is 2.50 bits per heavy atom. The van der Waals surface area contributed by atoms with E-state index in [4.69, 9.17) is 0 Å². The molecule has 156 valence electrons. The molecule has 0 atom stereocenters. The molecule has 4 rings (SSSR count). The van der Waals surface area contributed by atoms with Gasteiger partial charge in [0, 0.05) is 30.3 Å². The van der Waals surface area contributed by atoms with E-state index in [1.807, 2.05) is 55.5 Å². The molecule has 0 spiro atoms. The zero-order chi connectivity index (χ0) is 20.9. The number of imidazole rings is 1. The normalized spacial score (nSPS) is 14.6. The minimum atomic E-state index is -0.157. The molecule has 6 heteroatoms. The highest BCUT2D eigenvalue weighted by Gasteiger charge is 2.20. The highest BCUT2D eigenvalue weighted by Crippen LogP contribution is 2.24. The van der Waals surface area contributed by atoms with Crippen molar-refractivity contribution >= 4 is 22.8 Å². The maximum Gasteiger partial charge on any atom is 0.251 e. The van der Waals surface area contributed by atoms with Crippen LogP contribution in [0.15, 0.2) is 48.5 Å². The molecule has 1 aliphatic carbocycles. The van der Waals surface area contributed by atoms with Crippen molar-refractivity contribution in [2.75, 3.05) is 13.1 Å². The number of hydrogen-bond donors (Lipinski definition) is 2. The van der Waals surface area contributed by atoms with Crippen LogP contribution in [0.2, 0.25) is 0 Å². The monoisotopic (exact) mass is 404 g/mol. The summed E-state index contributed by atoms with van der Waals surface area (Å²) in [5.74, 6) is 0.974. The van der Waals surface area contributed by atoms with Crippen LogP contribution in [0.3, 0.4) is 0 Å². The molecular formula is C24H28N4O2. The van der Waals surface area contributed by atoms with Crippen LogP contribution < -0.4 is 10.6 Å². The largest absolute Gasteiger partial charge is 0.354 e. The Labute approximate surface area is 176 Å². The molecule has 30 heavy (non-hydrogen) atoms. The summed E-state index contributed by atoms with van der Waals surface area (Å²) < 4.78 is 2.08. The molecule has 1 fully saturated rings. The minimum Gasteiger partial charge on any atom is -0.354 e. The number of carbonyl (C=O) groups is 2. The minimum absolute atomic E-state index is 0.118. The van der Waals surface area contributed by atoms with E-state index >= 15 is 0 Å². The molecule has 2 aromatic carbocycles. The van der Waals surface area contributed by atoms with E-state index in [1.54, 1.807) is 0 Å². The fraction of sp³-hybridized carbons (Fsp3) is 0.375. The summed E-state index contributed by atoms with van der Waals surface area (Å²) in [6, 6.07) is 15.6. The summed E-state index contributed by atoms with van der Waals surface area (Å²) in [5, 5.41) is 5.84. The number of fused-ring (bicyclic) bond motifs is 1. The van der Waals surface area contributed by atoms with Crippen LogP contribution in [0.1, 0.15) is 48.3 Å². The predicted octanol–water partition coefficient (Wildman–Crippen LogP) is 3.76. The van der Waals surface area contributed by atoms with Gasteiger partial charge in [0.15, 0.2) is 0 Å². The van der Waals surface area contributed by atoms with Crippen molar-refractivity contribution in [2.24, 2.45) is 5.92 Å². The first-order valence-corrected chi connectivity index (χ1v) is 10.7. The highest BCUT2D eigenvalue weighted by molar-refractivity contribution is 5.97. The van der Waals surface area contributed by atoms with Crippen molar-refractivity contribution in [3.8, 4) is 5.69 Å². The Bertz CT molecular complexity index is 1040. The van der Waals surface area contributed by atoms with E-state index in [1.165, 1.54) is 6.42 Å². The number of aryl methyl sites for hydroxylation is 1. The molecule has 0 aliphatic heterocycles. The lowest BCUT2D eigenvalue weighted by atomic mass is 9.89. The lowest BCUT2D eigenvalue weighted by molar-refractivity contribution is -0.125. The standard InChI is InChI=1S/C24H28N4O2/c1-17-27-21-16-19(12-13-22(21)28(17)20-10-6-3-7-11-20)24(30)26-15-14-25-23(29)18-8-4-2-5-9-18/h3,6-7,10-13,16,18H,2,4-5,8-9,14-15H2,1H3,(H,25,29)(H,26,30). The van der Waals surface area contributed by atoms with E-state index in [9.17, 15) is 9.59 Å². The Kier molecular flexibility index (Phi) is 6.12. The Balaban J connectivity index is 1.36. The second kappa shape index (κ2) is 9.11. The average Bonchev–Trinajstić information content (AvgIpc) is 3.12. The Morgan fingerprint density at radius 2 is 1.73 bits per heavy atom. The Morgan fingerprint density at radius 1 is 1.00 bits per heavy atom. The molecule has 0 unspecified atom stereocenters. The van der Waals surface area contributed by atoms with Gasteiger partial charge in [0.2, 0.25) is 5.91 Å². The zero-order valence-electron chi connectivity index (χ0n) is 17.4. The van der Waals surface area contributed by atoms with Gasteiger partial charge in [-0.3, -0.25) is 14.2 Å². The van der Waals surface area contributed by atoms with E-state index in [-0.39, 0.29) is 17.7 Å². The van der Waals surface area contributed by atoms with Crippen molar-refractivity contribution in [1.29, 1.82) is 0 Å². The number of aromatic nitrogens is 2. The topological polar surface area (TPSA) is 76.0 Å². The number of rotatable bonds is 6. The molecule has 2 amide bonds. The molecule has 0 saturated heterocycles. The van der Waals surface area contributed by atoms with Crippen LogP contribution in [0, 0.1) is 12.8 Å². The maximum atomic E-state index is 12.5. The van der Waals surface area contributed by atoms with Crippen LogP contribution in [0.4, 0.5) is 0 Å². The van der Waals surface area contributed by atoms with E-state index in [0.717, 1.165) is 48.2 Å². The summed E-state index contributed by atoms with van der Waals surface area (Å²) in [7, 11) is 0. The van der Waals surface area contributed by atoms with Gasteiger partial charge in [-0.15, -0.1) is 0 Å². The van der Waals surface area contributed by atoms with Gasteiger partial charge < -0.3 is 10.6 Å². The summed E-state index contributed by atoms with van der Waals surface area (Å²) in [5.41, 5.74) is 3.37. The van der Waals surface area contributed by atoms with Crippen LogP contribution in [-0.4, -0.2) is 34.5 Å². The van der Waals surface area contributed by atoms with Crippen LogP contribution >= 0.6 is 0 Å². The number of benzene rings is 2. The highest BCUT2D eigenvalue weighted by atomic mass is 16.2. The number of amides is 2. The molecule has 2 N–H and O–H groups in total. The van der Waals surface area contributed by atoms with Gasteiger partial charge in [-0.05, 0) is 50.1 Å². The van der Waals surface area contributed by atoms with Gasteiger partial charge in [-0.25, -0.2) is 4.98 Å². The van der Waals surface area contributed by atoms with E-state index < -0.39 is 0 Å². The first kappa shape index (κ1) is 20.1. The van der Waals surface area contributed by atoms with E-state index in [0.29, 0.717) is 18.7 Å². The van der Waals surface area contributed by atoms with Crippen LogP contribution in [0.5, 0.6) is 0 Å². The first-order chi connectivity index (χ1) is 14.6. The maximum absolute atomic E-state index is 12.5. The number of nitrogens with zero attached hydrogens (tertiary/aromatic N) is 2. The number of para-hydroxylation sites is 1. The summed E-state index contributed by atoms with van der Waals surface area (Å²) in [6.07, 6.45) is 5.46. The zero-order valence-corrected chi connectivity index (χ0v) is 17.4. The third-order valence-corrected chi connectivity index (χ3v) is 5.78.